The Morgan fingerprint density at radius 3 is 2.69 bits per heavy atom. The van der Waals surface area contributed by atoms with Crippen LogP contribution in [0.3, 0.4) is 0 Å². The molecule has 0 amide bonds. The van der Waals surface area contributed by atoms with Crippen molar-refractivity contribution in [2.24, 2.45) is 21.6 Å². The fraction of sp³-hybridized carbons (Fsp3) is 0.632. The van der Waals surface area contributed by atoms with Crippen LogP contribution in [-0.4, -0.2) is 40.3 Å². The van der Waals surface area contributed by atoms with E-state index < -0.39 is 10.9 Å². The highest BCUT2D eigenvalue weighted by atomic mass is 79.9. The summed E-state index contributed by atoms with van der Waals surface area (Å²) < 4.78 is 12.5. The lowest BCUT2D eigenvalue weighted by atomic mass is 9.44. The summed E-state index contributed by atoms with van der Waals surface area (Å²) in [6.45, 7) is 0. The largest absolute Gasteiger partial charge is 0.476 e. The number of halogens is 1. The molecule has 26 heavy (non-hydrogen) atoms. The van der Waals surface area contributed by atoms with Gasteiger partial charge in [-0.2, -0.15) is 0 Å². The van der Waals surface area contributed by atoms with E-state index in [1.807, 2.05) is 7.11 Å². The van der Waals surface area contributed by atoms with Crippen LogP contribution in [0, 0.1) is 10.8 Å². The van der Waals surface area contributed by atoms with E-state index in [9.17, 15) is 0 Å². The molecule has 1 aromatic rings. The molecule has 1 aromatic carbocycles. The van der Waals surface area contributed by atoms with Crippen molar-refractivity contribution in [2.75, 3.05) is 7.11 Å². The van der Waals surface area contributed by atoms with Crippen molar-refractivity contribution in [3.63, 3.8) is 0 Å². The summed E-state index contributed by atoms with van der Waals surface area (Å²) in [7, 11) is 15.0. The highest BCUT2D eigenvalue weighted by molar-refractivity contribution is 9.10. The molecule has 3 atom stereocenters. The third kappa shape index (κ3) is 1.94. The predicted molar refractivity (Wildman–Crippen MR) is 105 cm³/mol. The number of rotatable bonds is 1. The van der Waals surface area contributed by atoms with Gasteiger partial charge in [-0.3, -0.25) is 0 Å². The van der Waals surface area contributed by atoms with Gasteiger partial charge in [-0.25, -0.2) is 4.99 Å². The molecule has 132 valence electrons. The van der Waals surface area contributed by atoms with Crippen LogP contribution in [0.2, 0.25) is 0 Å². The molecule has 3 aliphatic carbocycles. The molecule has 4 nitrogen and oxygen atoms in total. The van der Waals surface area contributed by atoms with Crippen molar-refractivity contribution in [2.45, 2.75) is 55.6 Å². The lowest BCUT2D eigenvalue weighted by Gasteiger charge is -2.54. The van der Waals surface area contributed by atoms with Gasteiger partial charge in [-0.1, -0.05) is 22.0 Å². The van der Waals surface area contributed by atoms with Gasteiger partial charge in [-0.05, 0) is 67.2 Å². The number of nitrogens with zero attached hydrogens (tertiary/aromatic N) is 1. The summed E-state index contributed by atoms with van der Waals surface area (Å²) in [5.41, 5.74) is 7.45. The first kappa shape index (κ1) is 17.2. The highest BCUT2D eigenvalue weighted by Gasteiger charge is 2.72. The Kier molecular flexibility index (Phi) is 3.37. The molecule has 5 rings (SSSR count). The van der Waals surface area contributed by atoms with E-state index in [-0.39, 0.29) is 16.9 Å². The SMILES string of the molecule is [B]C1([B])OC(N)=NC12c1cc(Br)ccc1C[C@]21CC[C@@H](OC)C2(CC2)C1. The highest BCUT2D eigenvalue weighted by Crippen LogP contribution is 2.71. The maximum atomic E-state index is 6.57. The number of hydrogen-bond donors (Lipinski definition) is 1. The first-order valence-electron chi connectivity index (χ1n) is 9.21. The van der Waals surface area contributed by atoms with Gasteiger partial charge in [0.15, 0.2) is 0 Å². The van der Waals surface area contributed by atoms with Gasteiger partial charge < -0.3 is 15.2 Å². The average molecular weight is 411 g/mol. The zero-order valence-corrected chi connectivity index (χ0v) is 16.5. The molecule has 1 aliphatic heterocycles. The minimum Gasteiger partial charge on any atom is -0.476 e. The molecule has 1 heterocycles. The minimum absolute atomic E-state index is 0.0842. The van der Waals surface area contributed by atoms with E-state index in [0.29, 0.717) is 6.10 Å². The number of fused-ring (bicyclic) bond motifs is 3. The van der Waals surface area contributed by atoms with Crippen molar-refractivity contribution in [3.8, 4) is 0 Å². The maximum Gasteiger partial charge on any atom is 0.281 e. The molecule has 2 fully saturated rings. The molecular formula is C19H21B2BrN2O2. The van der Waals surface area contributed by atoms with Crippen LogP contribution in [0.1, 0.15) is 43.2 Å². The summed E-state index contributed by atoms with van der Waals surface area (Å²) in [6.07, 6.45) is 6.48. The summed E-state index contributed by atoms with van der Waals surface area (Å²) in [6, 6.07) is 6.39. The van der Waals surface area contributed by atoms with E-state index in [2.05, 4.69) is 34.1 Å². The van der Waals surface area contributed by atoms with Gasteiger partial charge in [0.2, 0.25) is 0 Å². The number of benzene rings is 1. The second-order valence-electron chi connectivity index (χ2n) is 8.62. The van der Waals surface area contributed by atoms with Gasteiger partial charge in [0.1, 0.15) is 21.2 Å². The first-order valence-corrected chi connectivity index (χ1v) is 10.0. The maximum absolute atomic E-state index is 6.57. The molecule has 2 N–H and O–H groups in total. The van der Waals surface area contributed by atoms with Gasteiger partial charge in [0.05, 0.1) is 11.5 Å². The smallest absolute Gasteiger partial charge is 0.281 e. The zero-order valence-electron chi connectivity index (χ0n) is 14.9. The van der Waals surface area contributed by atoms with E-state index >= 15 is 0 Å². The van der Waals surface area contributed by atoms with Gasteiger partial charge in [0.25, 0.3) is 6.02 Å². The number of hydrogen-bond acceptors (Lipinski definition) is 4. The van der Waals surface area contributed by atoms with E-state index in [1.165, 1.54) is 18.4 Å². The molecule has 0 aromatic heterocycles. The van der Waals surface area contributed by atoms with Crippen LogP contribution in [0.5, 0.6) is 0 Å². The molecule has 1 unspecified atom stereocenters. The monoisotopic (exact) mass is 410 g/mol. The fourth-order valence-electron chi connectivity index (χ4n) is 6.22. The van der Waals surface area contributed by atoms with Crippen LogP contribution >= 0.6 is 15.9 Å². The Balaban J connectivity index is 1.72. The number of methoxy groups -OCH3 is 1. The third-order valence-corrected chi connectivity index (χ3v) is 7.80. The Morgan fingerprint density at radius 2 is 2.08 bits per heavy atom. The number of nitrogens with two attached hydrogens (primary N) is 1. The van der Waals surface area contributed by atoms with Gasteiger partial charge in [0, 0.05) is 17.0 Å². The zero-order chi connectivity index (χ0) is 18.4. The van der Waals surface area contributed by atoms with E-state index in [4.69, 9.17) is 35.9 Å². The van der Waals surface area contributed by atoms with E-state index in [1.54, 1.807) is 0 Å². The number of aliphatic imine (C=N–C) groups is 1. The summed E-state index contributed by atoms with van der Waals surface area (Å²) in [4.78, 5) is 4.84. The van der Waals surface area contributed by atoms with Crippen LogP contribution < -0.4 is 5.73 Å². The number of ether oxygens (including phenoxy) is 2. The molecule has 7 heteroatoms. The second-order valence-corrected chi connectivity index (χ2v) is 9.53. The topological polar surface area (TPSA) is 56.8 Å². The van der Waals surface area contributed by atoms with Crippen molar-refractivity contribution in [1.29, 1.82) is 0 Å². The number of amidine groups is 1. The van der Waals surface area contributed by atoms with Crippen LogP contribution in [0.4, 0.5) is 0 Å². The van der Waals surface area contributed by atoms with Crippen molar-refractivity contribution in [1.82, 2.24) is 0 Å². The van der Waals surface area contributed by atoms with Crippen LogP contribution in [0.15, 0.2) is 27.7 Å². The Labute approximate surface area is 165 Å². The predicted octanol–water partition coefficient (Wildman–Crippen LogP) is 2.50. The quantitative estimate of drug-likeness (QED) is 0.724. The molecular weight excluding hydrogens is 390 g/mol. The summed E-state index contributed by atoms with van der Waals surface area (Å²) >= 11 is 3.59. The molecule has 0 saturated heterocycles. The molecule has 0 bridgehead atoms. The van der Waals surface area contributed by atoms with Gasteiger partial charge in [-0.15, -0.1) is 0 Å². The normalized spacial score (nSPS) is 38.4. The summed E-state index contributed by atoms with van der Waals surface area (Å²) in [5, 5.41) is -1.46. The van der Waals surface area contributed by atoms with Gasteiger partial charge >= 0.3 is 0 Å². The molecule has 4 radical (unpaired) electrons. The lowest BCUT2D eigenvalue weighted by Crippen LogP contribution is -2.60. The molecule has 2 saturated carbocycles. The van der Waals surface area contributed by atoms with Crippen molar-refractivity contribution >= 4 is 37.6 Å². The van der Waals surface area contributed by atoms with E-state index in [0.717, 1.165) is 35.7 Å². The second kappa shape index (κ2) is 5.11. The summed E-state index contributed by atoms with van der Waals surface area (Å²) in [5.74, 6) is 0. The Hall–Kier alpha value is -0.940. The lowest BCUT2D eigenvalue weighted by molar-refractivity contribution is -0.0719. The first-order chi connectivity index (χ1) is 12.3. The van der Waals surface area contributed by atoms with Crippen molar-refractivity contribution < 1.29 is 9.47 Å². The third-order valence-electron chi connectivity index (χ3n) is 7.31. The minimum atomic E-state index is -1.46. The van der Waals surface area contributed by atoms with Crippen LogP contribution in [-0.2, 0) is 21.4 Å². The average Bonchev–Trinajstić information content (AvgIpc) is 3.20. The molecule has 3 spiro atoms. The molecule has 4 aliphatic rings. The fourth-order valence-corrected chi connectivity index (χ4v) is 6.58. The Morgan fingerprint density at radius 1 is 1.31 bits per heavy atom. The van der Waals surface area contributed by atoms with Crippen LogP contribution in [0.25, 0.3) is 0 Å². The standard InChI is InChI=1S/C19H21B2BrN2O2/c1-25-14-4-5-17(10-16(14)6-7-16)9-11-2-3-12(22)8-13(11)18(17)19(20,21)26-15(23)24-18/h2-3,8,14H,4-7,9-10H2,1H3,(H2,23,24)/t14-,17+,18?/m1/s1. The van der Waals surface area contributed by atoms with Crippen molar-refractivity contribution in [3.05, 3.63) is 33.8 Å². The Bertz CT molecular complexity index is 826.